The van der Waals surface area contributed by atoms with Crippen LogP contribution in [-0.4, -0.2) is 38.1 Å². The Morgan fingerprint density at radius 1 is 1.17 bits per heavy atom. The van der Waals surface area contributed by atoms with Crippen LogP contribution in [0.5, 0.6) is 0 Å². The van der Waals surface area contributed by atoms with Gasteiger partial charge in [-0.05, 0) is 37.8 Å². The molecule has 1 saturated carbocycles. The van der Waals surface area contributed by atoms with Gasteiger partial charge in [-0.1, -0.05) is 46.5 Å². The van der Waals surface area contributed by atoms with E-state index in [0.29, 0.717) is 5.41 Å². The van der Waals surface area contributed by atoms with Crippen molar-refractivity contribution in [1.82, 2.24) is 10.2 Å². The Balaban J connectivity index is 2.56. The molecule has 0 aromatic heterocycles. The van der Waals surface area contributed by atoms with Crippen LogP contribution in [0.1, 0.15) is 59.3 Å². The van der Waals surface area contributed by atoms with Crippen molar-refractivity contribution in [2.75, 3.05) is 33.2 Å². The lowest BCUT2D eigenvalue weighted by molar-refractivity contribution is 0.0978. The second-order valence-corrected chi connectivity index (χ2v) is 6.43. The Morgan fingerprint density at radius 3 is 2.33 bits per heavy atom. The van der Waals surface area contributed by atoms with Gasteiger partial charge in [-0.25, -0.2) is 0 Å². The number of rotatable bonds is 8. The van der Waals surface area contributed by atoms with Crippen molar-refractivity contribution in [1.29, 1.82) is 0 Å². The molecule has 0 saturated heterocycles. The van der Waals surface area contributed by atoms with E-state index in [9.17, 15) is 0 Å². The highest BCUT2D eigenvalue weighted by Crippen LogP contribution is 2.36. The van der Waals surface area contributed by atoms with E-state index in [4.69, 9.17) is 0 Å². The molecule has 1 N–H and O–H groups in total. The Labute approximate surface area is 115 Å². The molecule has 0 amide bonds. The van der Waals surface area contributed by atoms with Crippen LogP contribution in [0.3, 0.4) is 0 Å². The van der Waals surface area contributed by atoms with Gasteiger partial charge in [0.1, 0.15) is 0 Å². The zero-order chi connectivity index (χ0) is 13.4. The van der Waals surface area contributed by atoms with Gasteiger partial charge in [-0.2, -0.15) is 0 Å². The van der Waals surface area contributed by atoms with Gasteiger partial charge in [0.05, 0.1) is 0 Å². The van der Waals surface area contributed by atoms with Crippen LogP contribution in [-0.2, 0) is 0 Å². The van der Waals surface area contributed by atoms with Crippen molar-refractivity contribution >= 4 is 0 Å². The van der Waals surface area contributed by atoms with Crippen LogP contribution in [0.4, 0.5) is 0 Å². The van der Waals surface area contributed by atoms with Crippen LogP contribution in [0.25, 0.3) is 0 Å². The van der Waals surface area contributed by atoms with Crippen LogP contribution >= 0.6 is 0 Å². The first-order valence-electron chi connectivity index (χ1n) is 8.02. The molecule has 1 aliphatic rings. The summed E-state index contributed by atoms with van der Waals surface area (Å²) in [7, 11) is 2.11. The molecule has 18 heavy (non-hydrogen) atoms. The Morgan fingerprint density at radius 2 is 1.83 bits per heavy atom. The number of nitrogens with zero attached hydrogens (tertiary/aromatic N) is 1. The van der Waals surface area contributed by atoms with Gasteiger partial charge in [0.15, 0.2) is 0 Å². The minimum atomic E-state index is 0.552. The minimum absolute atomic E-state index is 0.552. The van der Waals surface area contributed by atoms with Crippen molar-refractivity contribution in [2.24, 2.45) is 11.3 Å². The summed E-state index contributed by atoms with van der Waals surface area (Å²) in [6, 6.07) is 0. The standard InChI is InChI=1S/C16H34N2/c1-5-15(3)12-18(6-2)14-16(13-17-4)10-8-7-9-11-16/h15,17H,5-14H2,1-4H3. The summed E-state index contributed by atoms with van der Waals surface area (Å²) in [5, 5.41) is 3.45. The fraction of sp³-hybridized carbons (Fsp3) is 1.00. The molecule has 0 bridgehead atoms. The van der Waals surface area contributed by atoms with E-state index in [1.54, 1.807) is 0 Å². The Kier molecular flexibility index (Phi) is 7.25. The topological polar surface area (TPSA) is 15.3 Å². The first-order chi connectivity index (χ1) is 8.65. The van der Waals surface area contributed by atoms with Crippen LogP contribution in [0.2, 0.25) is 0 Å². The van der Waals surface area contributed by atoms with E-state index in [2.05, 4.69) is 38.0 Å². The van der Waals surface area contributed by atoms with Gasteiger partial charge in [-0.3, -0.25) is 0 Å². The van der Waals surface area contributed by atoms with Gasteiger partial charge < -0.3 is 10.2 Å². The maximum Gasteiger partial charge on any atom is 0.00501 e. The maximum atomic E-state index is 3.45. The van der Waals surface area contributed by atoms with E-state index in [1.807, 2.05) is 0 Å². The third kappa shape index (κ3) is 4.89. The number of hydrogen-bond donors (Lipinski definition) is 1. The predicted molar refractivity (Wildman–Crippen MR) is 81.0 cm³/mol. The first kappa shape index (κ1) is 16.0. The largest absolute Gasteiger partial charge is 0.319 e. The first-order valence-corrected chi connectivity index (χ1v) is 8.02. The highest BCUT2D eigenvalue weighted by molar-refractivity contribution is 4.87. The van der Waals surface area contributed by atoms with E-state index >= 15 is 0 Å². The van der Waals surface area contributed by atoms with Crippen molar-refractivity contribution in [3.8, 4) is 0 Å². The van der Waals surface area contributed by atoms with Crippen LogP contribution in [0.15, 0.2) is 0 Å². The maximum absolute atomic E-state index is 3.45. The molecule has 1 unspecified atom stereocenters. The summed E-state index contributed by atoms with van der Waals surface area (Å²) in [5.74, 6) is 0.833. The minimum Gasteiger partial charge on any atom is -0.319 e. The van der Waals surface area contributed by atoms with Crippen molar-refractivity contribution in [2.45, 2.75) is 59.3 Å². The van der Waals surface area contributed by atoms with Crippen molar-refractivity contribution in [3.63, 3.8) is 0 Å². The zero-order valence-electron chi connectivity index (χ0n) is 13.1. The summed E-state index contributed by atoms with van der Waals surface area (Å²) < 4.78 is 0. The second kappa shape index (κ2) is 8.16. The monoisotopic (exact) mass is 254 g/mol. The average molecular weight is 254 g/mol. The molecule has 0 aromatic carbocycles. The molecule has 1 rings (SSSR count). The summed E-state index contributed by atoms with van der Waals surface area (Å²) in [5.41, 5.74) is 0.552. The molecule has 1 aliphatic carbocycles. The van der Waals surface area contributed by atoms with Gasteiger partial charge in [0.2, 0.25) is 0 Å². The average Bonchev–Trinajstić information content (AvgIpc) is 2.39. The molecule has 1 atom stereocenters. The molecule has 1 fully saturated rings. The summed E-state index contributed by atoms with van der Waals surface area (Å²) >= 11 is 0. The number of nitrogens with one attached hydrogen (secondary N) is 1. The molecular formula is C16H34N2. The van der Waals surface area contributed by atoms with Crippen molar-refractivity contribution < 1.29 is 0 Å². The predicted octanol–water partition coefficient (Wildman–Crippen LogP) is 3.52. The molecule has 0 spiro atoms. The molecule has 0 aliphatic heterocycles. The van der Waals surface area contributed by atoms with Gasteiger partial charge in [0.25, 0.3) is 0 Å². The van der Waals surface area contributed by atoms with Gasteiger partial charge >= 0.3 is 0 Å². The Bertz CT molecular complexity index is 204. The lowest BCUT2D eigenvalue weighted by Crippen LogP contribution is -2.45. The normalized spacial score (nSPS) is 21.2. The molecule has 0 aromatic rings. The zero-order valence-corrected chi connectivity index (χ0v) is 13.1. The summed E-state index contributed by atoms with van der Waals surface area (Å²) in [6.45, 7) is 12.0. The highest BCUT2D eigenvalue weighted by Gasteiger charge is 2.33. The smallest absolute Gasteiger partial charge is 0.00501 e. The third-order valence-electron chi connectivity index (χ3n) is 4.74. The van der Waals surface area contributed by atoms with E-state index < -0.39 is 0 Å². The lowest BCUT2D eigenvalue weighted by Gasteiger charge is -2.41. The second-order valence-electron chi connectivity index (χ2n) is 6.43. The SMILES string of the molecule is CCC(C)CN(CC)CC1(CNC)CCCCC1. The van der Waals surface area contributed by atoms with Gasteiger partial charge in [0, 0.05) is 19.6 Å². The molecular weight excluding hydrogens is 220 g/mol. The molecule has 108 valence electrons. The number of hydrogen-bond acceptors (Lipinski definition) is 2. The molecule has 2 heteroatoms. The Hall–Kier alpha value is -0.0800. The van der Waals surface area contributed by atoms with Gasteiger partial charge in [-0.15, -0.1) is 0 Å². The van der Waals surface area contributed by atoms with E-state index in [0.717, 1.165) is 5.92 Å². The molecule has 2 nitrogen and oxygen atoms in total. The lowest BCUT2D eigenvalue weighted by atomic mass is 9.73. The molecule has 0 heterocycles. The van der Waals surface area contributed by atoms with Crippen LogP contribution < -0.4 is 5.32 Å². The summed E-state index contributed by atoms with van der Waals surface area (Å²) in [6.07, 6.45) is 8.46. The third-order valence-corrected chi connectivity index (χ3v) is 4.74. The fourth-order valence-corrected chi connectivity index (χ4v) is 3.42. The summed E-state index contributed by atoms with van der Waals surface area (Å²) in [4.78, 5) is 2.69. The van der Waals surface area contributed by atoms with E-state index in [1.165, 1.54) is 64.7 Å². The van der Waals surface area contributed by atoms with Crippen LogP contribution in [0, 0.1) is 11.3 Å². The fourth-order valence-electron chi connectivity index (χ4n) is 3.42. The quantitative estimate of drug-likeness (QED) is 0.713. The highest BCUT2D eigenvalue weighted by atomic mass is 15.1. The van der Waals surface area contributed by atoms with E-state index in [-0.39, 0.29) is 0 Å². The van der Waals surface area contributed by atoms with Crippen molar-refractivity contribution in [3.05, 3.63) is 0 Å². The molecule has 0 radical (unpaired) electrons.